The summed E-state index contributed by atoms with van der Waals surface area (Å²) in [7, 11) is 0. The molecule has 0 bridgehead atoms. The molecule has 2 aromatic heterocycles. The third-order valence-electron chi connectivity index (χ3n) is 3.14. The van der Waals surface area contributed by atoms with E-state index in [1.807, 2.05) is 36.5 Å². The fourth-order valence-corrected chi connectivity index (χ4v) is 2.06. The molecule has 0 atom stereocenters. The van der Waals surface area contributed by atoms with Crippen LogP contribution in [0.4, 0.5) is 5.69 Å². The van der Waals surface area contributed by atoms with Gasteiger partial charge < -0.3 is 10.3 Å². The Bertz CT molecular complexity index is 736. The Morgan fingerprint density at radius 1 is 1.15 bits per heavy atom. The SMILES string of the molecule is CCc1cnccc1-c1noc(-c2ccccc2N)n1. The number of rotatable bonds is 3. The lowest BCUT2D eigenvalue weighted by atomic mass is 10.1. The Labute approximate surface area is 116 Å². The lowest BCUT2D eigenvalue weighted by Crippen LogP contribution is -1.91. The lowest BCUT2D eigenvalue weighted by molar-refractivity contribution is 0.432. The molecule has 0 unspecified atom stereocenters. The summed E-state index contributed by atoms with van der Waals surface area (Å²) >= 11 is 0. The largest absolute Gasteiger partial charge is 0.398 e. The molecule has 0 aliphatic carbocycles. The first-order chi connectivity index (χ1) is 9.79. The van der Waals surface area contributed by atoms with E-state index in [4.69, 9.17) is 10.3 Å². The minimum absolute atomic E-state index is 0.428. The Hall–Kier alpha value is -2.69. The van der Waals surface area contributed by atoms with E-state index in [-0.39, 0.29) is 0 Å². The molecule has 0 radical (unpaired) electrons. The van der Waals surface area contributed by atoms with Crippen LogP contribution in [0.1, 0.15) is 12.5 Å². The maximum atomic E-state index is 5.92. The van der Waals surface area contributed by atoms with Crippen LogP contribution in [0.25, 0.3) is 22.8 Å². The molecule has 20 heavy (non-hydrogen) atoms. The van der Waals surface area contributed by atoms with Gasteiger partial charge in [-0.3, -0.25) is 4.98 Å². The van der Waals surface area contributed by atoms with Gasteiger partial charge in [0.05, 0.1) is 5.56 Å². The van der Waals surface area contributed by atoms with E-state index in [0.29, 0.717) is 17.4 Å². The molecule has 100 valence electrons. The van der Waals surface area contributed by atoms with Crippen LogP contribution in [-0.2, 0) is 6.42 Å². The van der Waals surface area contributed by atoms with Crippen molar-refractivity contribution in [3.05, 3.63) is 48.3 Å². The predicted molar refractivity (Wildman–Crippen MR) is 76.8 cm³/mol. The van der Waals surface area contributed by atoms with Gasteiger partial charge in [-0.25, -0.2) is 0 Å². The van der Waals surface area contributed by atoms with Crippen molar-refractivity contribution in [3.8, 4) is 22.8 Å². The van der Waals surface area contributed by atoms with Crippen LogP contribution >= 0.6 is 0 Å². The number of pyridine rings is 1. The van der Waals surface area contributed by atoms with Crippen LogP contribution in [0.2, 0.25) is 0 Å². The molecule has 0 aliphatic rings. The van der Waals surface area contributed by atoms with Gasteiger partial charge in [-0.05, 0) is 30.2 Å². The van der Waals surface area contributed by atoms with Gasteiger partial charge in [0.25, 0.3) is 5.89 Å². The lowest BCUT2D eigenvalue weighted by Gasteiger charge is -2.01. The molecule has 0 amide bonds. The van der Waals surface area contributed by atoms with E-state index < -0.39 is 0 Å². The van der Waals surface area contributed by atoms with Crippen LogP contribution in [0.5, 0.6) is 0 Å². The van der Waals surface area contributed by atoms with Crippen molar-refractivity contribution in [2.24, 2.45) is 0 Å². The second-order valence-electron chi connectivity index (χ2n) is 4.40. The number of benzene rings is 1. The molecule has 2 heterocycles. The number of nitrogens with zero attached hydrogens (tertiary/aromatic N) is 3. The summed E-state index contributed by atoms with van der Waals surface area (Å²) < 4.78 is 5.32. The van der Waals surface area contributed by atoms with Crippen molar-refractivity contribution in [2.75, 3.05) is 5.73 Å². The molecular formula is C15H14N4O. The van der Waals surface area contributed by atoms with E-state index in [0.717, 1.165) is 23.1 Å². The van der Waals surface area contributed by atoms with Gasteiger partial charge in [-0.15, -0.1) is 0 Å². The fourth-order valence-electron chi connectivity index (χ4n) is 2.06. The summed E-state index contributed by atoms with van der Waals surface area (Å²) in [6.07, 6.45) is 4.41. The number of hydrogen-bond acceptors (Lipinski definition) is 5. The highest BCUT2D eigenvalue weighted by atomic mass is 16.5. The highest BCUT2D eigenvalue weighted by Gasteiger charge is 2.14. The molecule has 0 saturated carbocycles. The first kappa shape index (κ1) is 12.3. The molecule has 0 fully saturated rings. The summed E-state index contributed by atoms with van der Waals surface area (Å²) in [6, 6.07) is 9.32. The predicted octanol–water partition coefficient (Wildman–Crippen LogP) is 2.94. The van der Waals surface area contributed by atoms with Gasteiger partial charge in [-0.1, -0.05) is 24.2 Å². The smallest absolute Gasteiger partial charge is 0.260 e. The van der Waals surface area contributed by atoms with E-state index in [1.54, 1.807) is 6.20 Å². The van der Waals surface area contributed by atoms with Gasteiger partial charge in [0, 0.05) is 23.6 Å². The minimum atomic E-state index is 0.428. The highest BCUT2D eigenvalue weighted by Crippen LogP contribution is 2.27. The first-order valence-corrected chi connectivity index (χ1v) is 6.41. The van der Waals surface area contributed by atoms with Gasteiger partial charge in [0.2, 0.25) is 5.82 Å². The van der Waals surface area contributed by atoms with E-state index in [9.17, 15) is 0 Å². The molecule has 3 rings (SSSR count). The molecule has 5 nitrogen and oxygen atoms in total. The average Bonchev–Trinajstić information content (AvgIpc) is 2.97. The fraction of sp³-hybridized carbons (Fsp3) is 0.133. The van der Waals surface area contributed by atoms with Crippen molar-refractivity contribution in [1.82, 2.24) is 15.1 Å². The summed E-state index contributed by atoms with van der Waals surface area (Å²) in [4.78, 5) is 8.55. The summed E-state index contributed by atoms with van der Waals surface area (Å²) in [5.41, 5.74) is 9.31. The van der Waals surface area contributed by atoms with Crippen LogP contribution in [-0.4, -0.2) is 15.1 Å². The van der Waals surface area contributed by atoms with Crippen molar-refractivity contribution in [3.63, 3.8) is 0 Å². The molecule has 2 N–H and O–H groups in total. The van der Waals surface area contributed by atoms with Gasteiger partial charge in [0.1, 0.15) is 0 Å². The van der Waals surface area contributed by atoms with Crippen molar-refractivity contribution in [1.29, 1.82) is 0 Å². The van der Waals surface area contributed by atoms with Crippen LogP contribution < -0.4 is 5.73 Å². The van der Waals surface area contributed by atoms with E-state index in [1.165, 1.54) is 0 Å². The number of nitrogen functional groups attached to an aromatic ring is 1. The minimum Gasteiger partial charge on any atom is -0.398 e. The monoisotopic (exact) mass is 266 g/mol. The Morgan fingerprint density at radius 2 is 2.00 bits per heavy atom. The molecule has 5 heteroatoms. The summed E-state index contributed by atoms with van der Waals surface area (Å²) in [6.45, 7) is 2.07. The molecule has 1 aromatic carbocycles. The van der Waals surface area contributed by atoms with E-state index >= 15 is 0 Å². The zero-order valence-electron chi connectivity index (χ0n) is 11.1. The van der Waals surface area contributed by atoms with Gasteiger partial charge >= 0.3 is 0 Å². The van der Waals surface area contributed by atoms with Gasteiger partial charge in [0.15, 0.2) is 0 Å². The first-order valence-electron chi connectivity index (χ1n) is 6.41. The number of para-hydroxylation sites is 1. The van der Waals surface area contributed by atoms with E-state index in [2.05, 4.69) is 22.0 Å². The van der Waals surface area contributed by atoms with Crippen LogP contribution in [0.3, 0.4) is 0 Å². The zero-order chi connectivity index (χ0) is 13.9. The maximum Gasteiger partial charge on any atom is 0.260 e. The average molecular weight is 266 g/mol. The molecular weight excluding hydrogens is 252 g/mol. The van der Waals surface area contributed by atoms with Gasteiger partial charge in [-0.2, -0.15) is 4.98 Å². The summed E-state index contributed by atoms with van der Waals surface area (Å²) in [5, 5.41) is 4.04. The molecule has 0 spiro atoms. The molecule has 0 aliphatic heterocycles. The van der Waals surface area contributed by atoms with Crippen molar-refractivity contribution < 1.29 is 4.52 Å². The standard InChI is InChI=1S/C15H14N4O/c1-2-10-9-17-8-7-11(10)14-18-15(20-19-14)12-5-3-4-6-13(12)16/h3-9H,2,16H2,1H3. The second-order valence-corrected chi connectivity index (χ2v) is 4.40. The van der Waals surface area contributed by atoms with Crippen molar-refractivity contribution >= 4 is 5.69 Å². The number of aryl methyl sites for hydroxylation is 1. The Kier molecular flexibility index (Phi) is 3.16. The molecule has 3 aromatic rings. The van der Waals surface area contributed by atoms with Crippen LogP contribution in [0.15, 0.2) is 47.2 Å². The number of hydrogen-bond donors (Lipinski definition) is 1. The zero-order valence-corrected chi connectivity index (χ0v) is 11.1. The molecule has 0 saturated heterocycles. The Morgan fingerprint density at radius 3 is 2.80 bits per heavy atom. The summed E-state index contributed by atoms with van der Waals surface area (Å²) in [5.74, 6) is 0.986. The van der Waals surface area contributed by atoms with Crippen LogP contribution in [0, 0.1) is 0 Å². The normalized spacial score (nSPS) is 10.7. The number of nitrogens with two attached hydrogens (primary N) is 1. The quantitative estimate of drug-likeness (QED) is 0.737. The number of anilines is 1. The Balaban J connectivity index is 2.05. The maximum absolute atomic E-state index is 5.92. The topological polar surface area (TPSA) is 77.8 Å². The second kappa shape index (κ2) is 5.13. The number of aromatic nitrogens is 3. The third kappa shape index (κ3) is 2.14. The van der Waals surface area contributed by atoms with Crippen molar-refractivity contribution in [2.45, 2.75) is 13.3 Å². The third-order valence-corrected chi connectivity index (χ3v) is 3.14. The highest BCUT2D eigenvalue weighted by molar-refractivity contribution is 5.71.